The van der Waals surface area contributed by atoms with E-state index in [4.69, 9.17) is 5.11 Å². The number of aliphatic hydroxyl groups is 2. The molecule has 3 aromatic rings. The second-order valence-corrected chi connectivity index (χ2v) is 4.62. The van der Waals surface area contributed by atoms with Gasteiger partial charge in [-0.15, -0.1) is 5.10 Å². The molecule has 0 amide bonds. The summed E-state index contributed by atoms with van der Waals surface area (Å²) >= 11 is 0. The highest BCUT2D eigenvalue weighted by Crippen LogP contribution is 2.21. The molecule has 0 aliphatic rings. The fraction of sp³-hybridized carbons (Fsp3) is 0.286. The number of aromatic nitrogens is 4. The molecule has 6 heteroatoms. The Labute approximate surface area is 115 Å². The zero-order valence-corrected chi connectivity index (χ0v) is 11.0. The van der Waals surface area contributed by atoms with Crippen molar-refractivity contribution in [1.29, 1.82) is 0 Å². The molecular weight excluding hydrogens is 256 g/mol. The van der Waals surface area contributed by atoms with Crippen LogP contribution in [0, 0.1) is 0 Å². The highest BCUT2D eigenvalue weighted by molar-refractivity contribution is 5.83. The molecule has 3 N–H and O–H groups in total. The van der Waals surface area contributed by atoms with Crippen LogP contribution in [0.15, 0.2) is 30.5 Å². The molecule has 0 saturated carbocycles. The zero-order valence-electron chi connectivity index (χ0n) is 11.0. The number of rotatable bonds is 5. The molecule has 2 heterocycles. The lowest BCUT2D eigenvalue weighted by atomic mass is 10.1. The number of fused-ring (bicyclic) bond motifs is 1. The minimum absolute atomic E-state index is 0.00485. The molecule has 0 fully saturated rings. The van der Waals surface area contributed by atoms with E-state index in [1.807, 2.05) is 24.4 Å². The Kier molecular flexibility index (Phi) is 3.49. The largest absolute Gasteiger partial charge is 0.394 e. The number of hydrogen-bond donors (Lipinski definition) is 3. The van der Waals surface area contributed by atoms with Crippen molar-refractivity contribution in [1.82, 2.24) is 20.0 Å². The third kappa shape index (κ3) is 2.19. The van der Waals surface area contributed by atoms with Crippen LogP contribution in [0.3, 0.4) is 0 Å². The van der Waals surface area contributed by atoms with E-state index >= 15 is 0 Å². The predicted octanol–water partition coefficient (Wildman–Crippen LogP) is 0.835. The van der Waals surface area contributed by atoms with Gasteiger partial charge in [-0.2, -0.15) is 0 Å². The minimum Gasteiger partial charge on any atom is -0.394 e. The molecule has 0 saturated heterocycles. The van der Waals surface area contributed by atoms with Crippen molar-refractivity contribution in [3.8, 4) is 0 Å². The van der Waals surface area contributed by atoms with Crippen molar-refractivity contribution in [2.45, 2.75) is 19.6 Å². The van der Waals surface area contributed by atoms with Crippen LogP contribution in [0.5, 0.6) is 0 Å². The van der Waals surface area contributed by atoms with Gasteiger partial charge in [0.05, 0.1) is 25.5 Å². The van der Waals surface area contributed by atoms with Crippen molar-refractivity contribution in [3.05, 3.63) is 47.4 Å². The van der Waals surface area contributed by atoms with Crippen LogP contribution in [0.4, 0.5) is 0 Å². The monoisotopic (exact) mass is 272 g/mol. The van der Waals surface area contributed by atoms with Crippen molar-refractivity contribution in [2.24, 2.45) is 0 Å². The lowest BCUT2D eigenvalue weighted by Crippen LogP contribution is -2.09. The quantitative estimate of drug-likeness (QED) is 0.642. The highest BCUT2D eigenvalue weighted by atomic mass is 16.3. The number of aromatic amines is 1. The Balaban J connectivity index is 2.00. The van der Waals surface area contributed by atoms with E-state index in [0.717, 1.165) is 22.2 Å². The Hall–Kier alpha value is -2.18. The lowest BCUT2D eigenvalue weighted by molar-refractivity contribution is 0.265. The van der Waals surface area contributed by atoms with E-state index in [-0.39, 0.29) is 13.2 Å². The maximum absolute atomic E-state index is 9.36. The molecule has 0 radical (unpaired) electrons. The summed E-state index contributed by atoms with van der Waals surface area (Å²) in [5.74, 6) is 0. The predicted molar refractivity (Wildman–Crippen MR) is 74.1 cm³/mol. The summed E-state index contributed by atoms with van der Waals surface area (Å²) in [6, 6.07) is 8.06. The molecule has 0 unspecified atom stereocenters. The van der Waals surface area contributed by atoms with E-state index < -0.39 is 0 Å². The first-order valence-corrected chi connectivity index (χ1v) is 6.51. The molecule has 0 aliphatic heterocycles. The third-order valence-corrected chi connectivity index (χ3v) is 3.41. The summed E-state index contributed by atoms with van der Waals surface area (Å²) in [5.41, 5.74) is 3.60. The van der Waals surface area contributed by atoms with Crippen molar-refractivity contribution >= 4 is 10.9 Å². The summed E-state index contributed by atoms with van der Waals surface area (Å²) in [6.07, 6.45) is 2.58. The first-order valence-electron chi connectivity index (χ1n) is 6.51. The molecule has 104 valence electrons. The number of nitrogens with zero attached hydrogens (tertiary/aromatic N) is 3. The second-order valence-electron chi connectivity index (χ2n) is 4.62. The van der Waals surface area contributed by atoms with Gasteiger partial charge in [0.15, 0.2) is 0 Å². The molecule has 3 rings (SSSR count). The summed E-state index contributed by atoms with van der Waals surface area (Å²) in [6.45, 7) is 0.225. The van der Waals surface area contributed by atoms with E-state index in [9.17, 15) is 5.11 Å². The number of aliphatic hydroxyl groups excluding tert-OH is 2. The maximum Gasteiger partial charge on any atom is 0.112 e. The molecule has 0 aliphatic carbocycles. The van der Waals surface area contributed by atoms with E-state index in [1.165, 1.54) is 0 Å². The van der Waals surface area contributed by atoms with Crippen LogP contribution >= 0.6 is 0 Å². The lowest BCUT2D eigenvalue weighted by Gasteiger charge is -2.05. The van der Waals surface area contributed by atoms with Gasteiger partial charge in [0, 0.05) is 23.5 Å². The summed E-state index contributed by atoms with van der Waals surface area (Å²) in [5, 5.41) is 27.5. The maximum atomic E-state index is 9.36. The van der Waals surface area contributed by atoms with Crippen LogP contribution in [0.1, 0.15) is 17.0 Å². The van der Waals surface area contributed by atoms with Crippen molar-refractivity contribution in [2.75, 3.05) is 6.61 Å². The highest BCUT2D eigenvalue weighted by Gasteiger charge is 2.14. The number of H-pyrrole nitrogens is 1. The Morgan fingerprint density at radius 1 is 1.20 bits per heavy atom. The van der Waals surface area contributed by atoms with E-state index in [1.54, 1.807) is 4.68 Å². The molecule has 2 aromatic heterocycles. The number of hydrogen-bond acceptors (Lipinski definition) is 4. The van der Waals surface area contributed by atoms with Gasteiger partial charge in [-0.25, -0.2) is 4.68 Å². The molecule has 0 atom stereocenters. The topological polar surface area (TPSA) is 87.0 Å². The van der Waals surface area contributed by atoms with E-state index in [2.05, 4.69) is 21.4 Å². The summed E-state index contributed by atoms with van der Waals surface area (Å²) in [4.78, 5) is 3.23. The van der Waals surface area contributed by atoms with Crippen molar-refractivity contribution in [3.63, 3.8) is 0 Å². The van der Waals surface area contributed by atoms with Gasteiger partial charge >= 0.3 is 0 Å². The van der Waals surface area contributed by atoms with Gasteiger partial charge in [0.1, 0.15) is 5.69 Å². The molecule has 1 aromatic carbocycles. The minimum atomic E-state index is -0.150. The van der Waals surface area contributed by atoms with Gasteiger partial charge in [0.25, 0.3) is 0 Å². The van der Waals surface area contributed by atoms with Crippen LogP contribution in [0.25, 0.3) is 10.9 Å². The molecule has 20 heavy (non-hydrogen) atoms. The van der Waals surface area contributed by atoms with Gasteiger partial charge in [-0.05, 0) is 11.6 Å². The Morgan fingerprint density at radius 3 is 2.85 bits per heavy atom. The molecule has 0 spiro atoms. The normalized spacial score (nSPS) is 11.3. The second kappa shape index (κ2) is 5.44. The molecule has 6 nitrogen and oxygen atoms in total. The van der Waals surface area contributed by atoms with Gasteiger partial charge < -0.3 is 15.2 Å². The summed E-state index contributed by atoms with van der Waals surface area (Å²) < 4.78 is 1.65. The smallest absolute Gasteiger partial charge is 0.112 e. The SMILES string of the molecule is OCCn1nnc(CO)c1Cc1c[nH]c2ccccc12. The average Bonchev–Trinajstić information content (AvgIpc) is 3.05. The molecular formula is C14H16N4O2. The third-order valence-electron chi connectivity index (χ3n) is 3.41. The number of nitrogens with one attached hydrogen (secondary N) is 1. The number of para-hydroxylation sites is 1. The van der Waals surface area contributed by atoms with Crippen LogP contribution in [0.2, 0.25) is 0 Å². The van der Waals surface area contributed by atoms with Crippen molar-refractivity contribution < 1.29 is 10.2 Å². The van der Waals surface area contributed by atoms with Gasteiger partial charge in [-0.1, -0.05) is 23.4 Å². The van der Waals surface area contributed by atoms with Gasteiger partial charge in [-0.3, -0.25) is 0 Å². The Bertz CT molecular complexity index is 717. The standard InChI is InChI=1S/C14H16N4O2/c19-6-5-18-14(13(9-20)16-17-18)7-10-8-15-12-4-2-1-3-11(10)12/h1-4,8,15,19-20H,5-7,9H2. The van der Waals surface area contributed by atoms with Gasteiger partial charge in [0.2, 0.25) is 0 Å². The first kappa shape index (κ1) is 12.8. The summed E-state index contributed by atoms with van der Waals surface area (Å²) in [7, 11) is 0. The fourth-order valence-electron chi connectivity index (χ4n) is 2.42. The van der Waals surface area contributed by atoms with Crippen LogP contribution < -0.4 is 0 Å². The van der Waals surface area contributed by atoms with Crippen LogP contribution in [-0.2, 0) is 19.6 Å². The molecule has 0 bridgehead atoms. The first-order chi connectivity index (χ1) is 9.83. The van der Waals surface area contributed by atoms with Crippen LogP contribution in [-0.4, -0.2) is 36.8 Å². The van der Waals surface area contributed by atoms with E-state index in [0.29, 0.717) is 18.7 Å². The average molecular weight is 272 g/mol. The fourth-order valence-corrected chi connectivity index (χ4v) is 2.42. The Morgan fingerprint density at radius 2 is 2.05 bits per heavy atom. The zero-order chi connectivity index (χ0) is 13.9. The number of benzene rings is 1.